The lowest BCUT2D eigenvalue weighted by molar-refractivity contribution is 0.283. The third-order valence-corrected chi connectivity index (χ3v) is 1.51. The third kappa shape index (κ3) is 2.35. The number of aryl methyl sites for hydroxylation is 2. The van der Waals surface area contributed by atoms with Crippen molar-refractivity contribution in [1.82, 2.24) is 4.98 Å². The molecule has 0 atom stereocenters. The van der Waals surface area contributed by atoms with Crippen LogP contribution in [0.4, 0.5) is 0 Å². The van der Waals surface area contributed by atoms with Gasteiger partial charge in [-0.3, -0.25) is 0 Å². The van der Waals surface area contributed by atoms with Crippen LogP contribution in [0.3, 0.4) is 0 Å². The Labute approximate surface area is 66.1 Å². The van der Waals surface area contributed by atoms with Gasteiger partial charge >= 0.3 is 0 Å². The molecule has 62 valence electrons. The number of hydrogen-bond acceptors (Lipinski definition) is 3. The second-order valence-electron chi connectivity index (χ2n) is 2.41. The SMILES string of the molecule is CCc1coc(CCCO)n1. The first-order chi connectivity index (χ1) is 5.36. The number of oxazole rings is 1. The van der Waals surface area contributed by atoms with E-state index >= 15 is 0 Å². The van der Waals surface area contributed by atoms with Gasteiger partial charge in [0.25, 0.3) is 0 Å². The number of nitrogens with zero attached hydrogens (tertiary/aromatic N) is 1. The maximum atomic E-state index is 8.52. The van der Waals surface area contributed by atoms with Crippen molar-refractivity contribution in [2.45, 2.75) is 26.2 Å². The van der Waals surface area contributed by atoms with Crippen LogP contribution in [0.25, 0.3) is 0 Å². The minimum absolute atomic E-state index is 0.198. The smallest absolute Gasteiger partial charge is 0.194 e. The average molecular weight is 155 g/mol. The van der Waals surface area contributed by atoms with E-state index in [2.05, 4.69) is 4.98 Å². The van der Waals surface area contributed by atoms with E-state index in [-0.39, 0.29) is 6.61 Å². The monoisotopic (exact) mass is 155 g/mol. The summed E-state index contributed by atoms with van der Waals surface area (Å²) in [6.45, 7) is 2.23. The quantitative estimate of drug-likeness (QED) is 0.709. The van der Waals surface area contributed by atoms with Crippen molar-refractivity contribution in [2.75, 3.05) is 6.61 Å². The molecule has 0 unspecified atom stereocenters. The van der Waals surface area contributed by atoms with Gasteiger partial charge in [0, 0.05) is 13.0 Å². The van der Waals surface area contributed by atoms with Crippen LogP contribution in [-0.4, -0.2) is 16.7 Å². The van der Waals surface area contributed by atoms with Crippen LogP contribution in [0.2, 0.25) is 0 Å². The van der Waals surface area contributed by atoms with Crippen LogP contribution in [-0.2, 0) is 12.8 Å². The highest BCUT2D eigenvalue weighted by Gasteiger charge is 2.00. The normalized spacial score (nSPS) is 10.4. The first-order valence-electron chi connectivity index (χ1n) is 3.91. The second-order valence-corrected chi connectivity index (χ2v) is 2.41. The average Bonchev–Trinajstić information content (AvgIpc) is 2.48. The Kier molecular flexibility index (Phi) is 3.11. The van der Waals surface area contributed by atoms with E-state index in [1.54, 1.807) is 6.26 Å². The molecule has 0 saturated heterocycles. The lowest BCUT2D eigenvalue weighted by Crippen LogP contribution is -1.89. The van der Waals surface area contributed by atoms with Crippen LogP contribution in [0.5, 0.6) is 0 Å². The molecular formula is C8H13NO2. The summed E-state index contributed by atoms with van der Waals surface area (Å²) < 4.78 is 5.14. The van der Waals surface area contributed by atoms with Gasteiger partial charge in [0.15, 0.2) is 5.89 Å². The van der Waals surface area contributed by atoms with E-state index in [9.17, 15) is 0 Å². The summed E-state index contributed by atoms with van der Waals surface area (Å²) in [6.07, 6.45) is 4.04. The fourth-order valence-electron chi connectivity index (χ4n) is 0.856. The number of rotatable bonds is 4. The van der Waals surface area contributed by atoms with E-state index in [4.69, 9.17) is 9.52 Å². The minimum atomic E-state index is 0.198. The summed E-state index contributed by atoms with van der Waals surface area (Å²) in [4.78, 5) is 4.19. The maximum absolute atomic E-state index is 8.52. The van der Waals surface area contributed by atoms with Gasteiger partial charge in [0.1, 0.15) is 6.26 Å². The molecule has 0 bridgehead atoms. The Hall–Kier alpha value is -0.830. The summed E-state index contributed by atoms with van der Waals surface area (Å²) in [5.41, 5.74) is 0.984. The Bertz CT molecular complexity index is 208. The molecule has 0 amide bonds. The fraction of sp³-hybridized carbons (Fsp3) is 0.625. The summed E-state index contributed by atoms with van der Waals surface area (Å²) >= 11 is 0. The zero-order chi connectivity index (χ0) is 8.10. The molecule has 1 aromatic heterocycles. The summed E-state index contributed by atoms with van der Waals surface area (Å²) in [5, 5.41) is 8.52. The minimum Gasteiger partial charge on any atom is -0.449 e. The van der Waals surface area contributed by atoms with E-state index in [1.807, 2.05) is 6.92 Å². The van der Waals surface area contributed by atoms with Gasteiger partial charge in [-0.2, -0.15) is 0 Å². The Morgan fingerprint density at radius 2 is 2.45 bits per heavy atom. The number of aromatic nitrogens is 1. The van der Waals surface area contributed by atoms with E-state index in [1.165, 1.54) is 0 Å². The Morgan fingerprint density at radius 3 is 3.00 bits per heavy atom. The Balaban J connectivity index is 2.44. The van der Waals surface area contributed by atoms with Crippen molar-refractivity contribution in [3.05, 3.63) is 17.8 Å². The second kappa shape index (κ2) is 4.13. The molecule has 0 fully saturated rings. The largest absolute Gasteiger partial charge is 0.449 e. The van der Waals surface area contributed by atoms with Gasteiger partial charge in [0.05, 0.1) is 5.69 Å². The molecule has 0 radical (unpaired) electrons. The lowest BCUT2D eigenvalue weighted by atomic mass is 10.3. The number of aliphatic hydroxyl groups is 1. The van der Waals surface area contributed by atoms with E-state index in [0.29, 0.717) is 0 Å². The maximum Gasteiger partial charge on any atom is 0.194 e. The van der Waals surface area contributed by atoms with Gasteiger partial charge in [-0.1, -0.05) is 6.92 Å². The van der Waals surface area contributed by atoms with Crippen molar-refractivity contribution >= 4 is 0 Å². The van der Waals surface area contributed by atoms with E-state index < -0.39 is 0 Å². The molecule has 0 aromatic carbocycles. The van der Waals surface area contributed by atoms with Gasteiger partial charge in [-0.15, -0.1) is 0 Å². The first kappa shape index (κ1) is 8.27. The molecule has 11 heavy (non-hydrogen) atoms. The topological polar surface area (TPSA) is 46.3 Å². The Morgan fingerprint density at radius 1 is 1.64 bits per heavy atom. The van der Waals surface area contributed by atoms with Crippen LogP contribution in [0.1, 0.15) is 24.9 Å². The highest BCUT2D eigenvalue weighted by atomic mass is 16.3. The molecule has 0 saturated carbocycles. The molecule has 0 aliphatic carbocycles. The van der Waals surface area contributed by atoms with Gasteiger partial charge in [-0.05, 0) is 12.8 Å². The summed E-state index contributed by atoms with van der Waals surface area (Å²) in [7, 11) is 0. The van der Waals surface area contributed by atoms with Gasteiger partial charge in [0.2, 0.25) is 0 Å². The molecular weight excluding hydrogens is 142 g/mol. The van der Waals surface area contributed by atoms with Gasteiger partial charge in [-0.25, -0.2) is 4.98 Å². The van der Waals surface area contributed by atoms with Crippen LogP contribution >= 0.6 is 0 Å². The summed E-state index contributed by atoms with van der Waals surface area (Å²) in [5.74, 6) is 0.732. The molecule has 0 aliphatic rings. The number of hydrogen-bond donors (Lipinski definition) is 1. The molecule has 0 spiro atoms. The van der Waals surface area contributed by atoms with Crippen LogP contribution in [0, 0.1) is 0 Å². The summed E-state index contributed by atoms with van der Waals surface area (Å²) in [6, 6.07) is 0. The van der Waals surface area contributed by atoms with Crippen molar-refractivity contribution in [3.8, 4) is 0 Å². The molecule has 3 heteroatoms. The standard InChI is InChI=1S/C8H13NO2/c1-2-7-6-11-8(9-7)4-3-5-10/h6,10H,2-5H2,1H3. The van der Waals surface area contributed by atoms with Crippen LogP contribution in [0.15, 0.2) is 10.7 Å². The molecule has 1 rings (SSSR count). The lowest BCUT2D eigenvalue weighted by Gasteiger charge is -1.89. The van der Waals surface area contributed by atoms with Crippen molar-refractivity contribution < 1.29 is 9.52 Å². The predicted octanol–water partition coefficient (Wildman–Crippen LogP) is 1.16. The zero-order valence-electron chi connectivity index (χ0n) is 6.71. The van der Waals surface area contributed by atoms with E-state index in [0.717, 1.165) is 30.8 Å². The molecule has 1 heterocycles. The molecule has 1 aromatic rings. The number of aliphatic hydroxyl groups excluding tert-OH is 1. The highest BCUT2D eigenvalue weighted by Crippen LogP contribution is 2.04. The molecule has 1 N–H and O–H groups in total. The highest BCUT2D eigenvalue weighted by molar-refractivity contribution is 4.95. The van der Waals surface area contributed by atoms with Crippen LogP contribution < -0.4 is 0 Å². The van der Waals surface area contributed by atoms with Crippen molar-refractivity contribution in [3.63, 3.8) is 0 Å². The fourth-order valence-corrected chi connectivity index (χ4v) is 0.856. The first-order valence-corrected chi connectivity index (χ1v) is 3.91. The third-order valence-electron chi connectivity index (χ3n) is 1.51. The molecule has 3 nitrogen and oxygen atoms in total. The van der Waals surface area contributed by atoms with Crippen molar-refractivity contribution in [2.24, 2.45) is 0 Å². The van der Waals surface area contributed by atoms with Gasteiger partial charge < -0.3 is 9.52 Å². The molecule has 0 aliphatic heterocycles. The predicted molar refractivity (Wildman–Crippen MR) is 41.3 cm³/mol. The zero-order valence-corrected chi connectivity index (χ0v) is 6.71. The van der Waals surface area contributed by atoms with Crippen molar-refractivity contribution in [1.29, 1.82) is 0 Å².